The summed E-state index contributed by atoms with van der Waals surface area (Å²) >= 11 is 0. The zero-order valence-corrected chi connectivity index (χ0v) is 9.85. The van der Waals surface area contributed by atoms with E-state index in [1.807, 2.05) is 12.1 Å². The van der Waals surface area contributed by atoms with Crippen molar-refractivity contribution in [2.45, 2.75) is 26.8 Å². The van der Waals surface area contributed by atoms with Crippen LogP contribution in [0.5, 0.6) is 0 Å². The summed E-state index contributed by atoms with van der Waals surface area (Å²) in [5.74, 6) is -0.215. The van der Waals surface area contributed by atoms with E-state index in [1.165, 1.54) is 0 Å². The molecule has 90 valence electrons. The Labute approximate surface area is 95.9 Å². The van der Waals surface area contributed by atoms with E-state index in [9.17, 15) is 4.79 Å². The number of rotatable bonds is 7. The molecule has 0 aliphatic carbocycles. The molecule has 0 amide bonds. The van der Waals surface area contributed by atoms with Gasteiger partial charge < -0.3 is 9.52 Å². The molecule has 0 radical (unpaired) electrons. The minimum Gasteiger partial charge on any atom is -0.481 e. The van der Waals surface area contributed by atoms with Gasteiger partial charge in [0.05, 0.1) is 18.7 Å². The van der Waals surface area contributed by atoms with Crippen LogP contribution >= 0.6 is 0 Å². The van der Waals surface area contributed by atoms with Crippen LogP contribution < -0.4 is 0 Å². The van der Waals surface area contributed by atoms with Gasteiger partial charge in [-0.1, -0.05) is 13.8 Å². The van der Waals surface area contributed by atoms with Gasteiger partial charge in [0, 0.05) is 6.54 Å². The number of carbonyl (C=O) groups is 1. The number of hydrogen-bond acceptors (Lipinski definition) is 3. The molecule has 1 aromatic rings. The lowest BCUT2D eigenvalue weighted by molar-refractivity contribution is -0.141. The first-order valence-electron chi connectivity index (χ1n) is 5.61. The van der Waals surface area contributed by atoms with Crippen LogP contribution in [0.15, 0.2) is 22.8 Å². The molecule has 4 nitrogen and oxygen atoms in total. The Bertz CT molecular complexity index is 308. The quantitative estimate of drug-likeness (QED) is 0.773. The Kier molecular flexibility index (Phi) is 5.05. The molecule has 0 spiro atoms. The van der Waals surface area contributed by atoms with Gasteiger partial charge in [0.25, 0.3) is 0 Å². The third-order valence-electron chi connectivity index (χ3n) is 2.45. The van der Waals surface area contributed by atoms with E-state index in [0.29, 0.717) is 13.1 Å². The molecule has 0 bridgehead atoms. The van der Waals surface area contributed by atoms with Crippen molar-refractivity contribution in [1.82, 2.24) is 4.90 Å². The van der Waals surface area contributed by atoms with Gasteiger partial charge in [-0.25, -0.2) is 0 Å². The third kappa shape index (κ3) is 4.06. The lowest BCUT2D eigenvalue weighted by atomic mass is 10.1. The Balaban J connectivity index is 2.50. The standard InChI is InChI=1S/C12H19NO3/c1-3-6-13(8-10(2)12(14)15)9-11-5-4-7-16-11/h4-5,7,10H,3,6,8-9H2,1-2H3,(H,14,15). The highest BCUT2D eigenvalue weighted by Crippen LogP contribution is 2.09. The summed E-state index contributed by atoms with van der Waals surface area (Å²) < 4.78 is 5.26. The molecule has 16 heavy (non-hydrogen) atoms. The van der Waals surface area contributed by atoms with E-state index in [1.54, 1.807) is 13.2 Å². The average molecular weight is 225 g/mol. The second-order valence-electron chi connectivity index (χ2n) is 4.05. The van der Waals surface area contributed by atoms with Crippen LogP contribution in [-0.2, 0) is 11.3 Å². The second-order valence-corrected chi connectivity index (χ2v) is 4.05. The van der Waals surface area contributed by atoms with E-state index in [-0.39, 0.29) is 5.92 Å². The van der Waals surface area contributed by atoms with E-state index in [0.717, 1.165) is 18.7 Å². The lowest BCUT2D eigenvalue weighted by Gasteiger charge is -2.22. The monoisotopic (exact) mass is 225 g/mol. The van der Waals surface area contributed by atoms with Crippen molar-refractivity contribution in [3.8, 4) is 0 Å². The maximum atomic E-state index is 10.8. The van der Waals surface area contributed by atoms with Gasteiger partial charge in [-0.3, -0.25) is 9.69 Å². The summed E-state index contributed by atoms with van der Waals surface area (Å²) in [6.45, 7) is 5.94. The normalized spacial score (nSPS) is 12.9. The largest absolute Gasteiger partial charge is 0.481 e. The number of carboxylic acid groups (broad SMARTS) is 1. The molecule has 1 unspecified atom stereocenters. The summed E-state index contributed by atoms with van der Waals surface area (Å²) in [6, 6.07) is 3.76. The van der Waals surface area contributed by atoms with Crippen molar-refractivity contribution in [3.63, 3.8) is 0 Å². The minimum atomic E-state index is -0.749. The zero-order chi connectivity index (χ0) is 12.0. The van der Waals surface area contributed by atoms with E-state index < -0.39 is 5.97 Å². The van der Waals surface area contributed by atoms with Crippen molar-refractivity contribution in [2.75, 3.05) is 13.1 Å². The molecular formula is C12H19NO3. The average Bonchev–Trinajstić information content (AvgIpc) is 2.70. The van der Waals surface area contributed by atoms with Gasteiger partial charge in [-0.2, -0.15) is 0 Å². The lowest BCUT2D eigenvalue weighted by Crippen LogP contribution is -2.32. The summed E-state index contributed by atoms with van der Waals surface area (Å²) in [5.41, 5.74) is 0. The molecule has 0 fully saturated rings. The van der Waals surface area contributed by atoms with Crippen LogP contribution in [0, 0.1) is 5.92 Å². The topological polar surface area (TPSA) is 53.7 Å². The minimum absolute atomic E-state index is 0.346. The first-order chi connectivity index (χ1) is 7.63. The van der Waals surface area contributed by atoms with Crippen molar-refractivity contribution in [3.05, 3.63) is 24.2 Å². The van der Waals surface area contributed by atoms with E-state index >= 15 is 0 Å². The number of hydrogen-bond donors (Lipinski definition) is 1. The Morgan fingerprint density at radius 1 is 1.62 bits per heavy atom. The van der Waals surface area contributed by atoms with Gasteiger partial charge in [0.2, 0.25) is 0 Å². The van der Waals surface area contributed by atoms with Crippen LogP contribution in [0.1, 0.15) is 26.0 Å². The summed E-state index contributed by atoms with van der Waals surface area (Å²) in [5, 5.41) is 8.88. The summed E-state index contributed by atoms with van der Waals surface area (Å²) in [4.78, 5) is 12.9. The fourth-order valence-corrected chi connectivity index (χ4v) is 1.64. The van der Waals surface area contributed by atoms with Crippen molar-refractivity contribution < 1.29 is 14.3 Å². The van der Waals surface area contributed by atoms with Gasteiger partial charge in [-0.05, 0) is 25.1 Å². The number of nitrogens with zero attached hydrogens (tertiary/aromatic N) is 1. The molecule has 0 saturated carbocycles. The molecular weight excluding hydrogens is 206 g/mol. The maximum Gasteiger partial charge on any atom is 0.307 e. The molecule has 1 N–H and O–H groups in total. The molecule has 1 atom stereocenters. The molecule has 1 rings (SSSR count). The number of furan rings is 1. The van der Waals surface area contributed by atoms with Gasteiger partial charge in [-0.15, -0.1) is 0 Å². The highest BCUT2D eigenvalue weighted by Gasteiger charge is 2.16. The molecule has 0 aliphatic heterocycles. The van der Waals surface area contributed by atoms with E-state index in [4.69, 9.17) is 9.52 Å². The highest BCUT2D eigenvalue weighted by molar-refractivity contribution is 5.69. The molecule has 0 aromatic carbocycles. The fraction of sp³-hybridized carbons (Fsp3) is 0.583. The predicted octanol–water partition coefficient (Wildman–Crippen LogP) is 2.21. The first kappa shape index (κ1) is 12.8. The fourth-order valence-electron chi connectivity index (χ4n) is 1.64. The van der Waals surface area contributed by atoms with Gasteiger partial charge in [0.1, 0.15) is 5.76 Å². The molecule has 1 aromatic heterocycles. The molecule has 4 heteroatoms. The van der Waals surface area contributed by atoms with Crippen LogP contribution in [0.3, 0.4) is 0 Å². The van der Waals surface area contributed by atoms with Crippen LogP contribution in [0.25, 0.3) is 0 Å². The zero-order valence-electron chi connectivity index (χ0n) is 9.85. The second kappa shape index (κ2) is 6.33. The van der Waals surface area contributed by atoms with Crippen LogP contribution in [0.4, 0.5) is 0 Å². The number of aliphatic carboxylic acids is 1. The smallest absolute Gasteiger partial charge is 0.307 e. The Morgan fingerprint density at radius 2 is 2.38 bits per heavy atom. The summed E-state index contributed by atoms with van der Waals surface area (Å²) in [7, 11) is 0. The predicted molar refractivity (Wildman–Crippen MR) is 61.1 cm³/mol. The summed E-state index contributed by atoms with van der Waals surface area (Å²) in [6.07, 6.45) is 2.65. The molecule has 1 heterocycles. The maximum absolute atomic E-state index is 10.8. The third-order valence-corrected chi connectivity index (χ3v) is 2.45. The SMILES string of the molecule is CCCN(Cc1ccco1)CC(C)C(=O)O. The van der Waals surface area contributed by atoms with Crippen LogP contribution in [-0.4, -0.2) is 29.1 Å². The first-order valence-corrected chi connectivity index (χ1v) is 5.61. The Morgan fingerprint density at radius 3 is 2.88 bits per heavy atom. The molecule has 0 saturated heterocycles. The highest BCUT2D eigenvalue weighted by atomic mass is 16.4. The number of carboxylic acids is 1. The van der Waals surface area contributed by atoms with Crippen molar-refractivity contribution in [1.29, 1.82) is 0 Å². The molecule has 0 aliphatic rings. The van der Waals surface area contributed by atoms with Crippen molar-refractivity contribution in [2.24, 2.45) is 5.92 Å². The van der Waals surface area contributed by atoms with Crippen molar-refractivity contribution >= 4 is 5.97 Å². The van der Waals surface area contributed by atoms with Gasteiger partial charge in [0.15, 0.2) is 0 Å². The van der Waals surface area contributed by atoms with Gasteiger partial charge >= 0.3 is 5.97 Å². The Hall–Kier alpha value is -1.29. The van der Waals surface area contributed by atoms with E-state index in [2.05, 4.69) is 11.8 Å². The van der Waals surface area contributed by atoms with Crippen LogP contribution in [0.2, 0.25) is 0 Å².